The number of benzene rings is 1. The molecule has 1 fully saturated rings. The van der Waals surface area contributed by atoms with Crippen molar-refractivity contribution in [3.63, 3.8) is 0 Å². The molecule has 2 heterocycles. The summed E-state index contributed by atoms with van der Waals surface area (Å²) >= 11 is 0. The van der Waals surface area contributed by atoms with Crippen LogP contribution in [0.4, 0.5) is 0 Å². The van der Waals surface area contributed by atoms with E-state index in [4.69, 9.17) is 0 Å². The van der Waals surface area contributed by atoms with E-state index in [2.05, 4.69) is 20.5 Å². The van der Waals surface area contributed by atoms with Crippen LogP contribution in [0.15, 0.2) is 30.3 Å². The number of hydrogen-bond acceptors (Lipinski definition) is 4. The van der Waals surface area contributed by atoms with Gasteiger partial charge in [-0.25, -0.2) is 4.98 Å². The van der Waals surface area contributed by atoms with Gasteiger partial charge in [-0.1, -0.05) is 18.2 Å². The van der Waals surface area contributed by atoms with Crippen LogP contribution in [0.3, 0.4) is 0 Å². The number of H-pyrrole nitrogens is 1. The molecular formula is C18H23N5O2. The number of amides is 2. The van der Waals surface area contributed by atoms with Crippen LogP contribution in [0.25, 0.3) is 0 Å². The number of likely N-dealkylation sites (tertiary alicyclic amines) is 1. The molecule has 2 amide bonds. The number of nitrogens with zero attached hydrogens (tertiary/aromatic N) is 3. The Morgan fingerprint density at radius 1 is 1.32 bits per heavy atom. The van der Waals surface area contributed by atoms with Crippen LogP contribution in [0.5, 0.6) is 0 Å². The Morgan fingerprint density at radius 3 is 2.76 bits per heavy atom. The van der Waals surface area contributed by atoms with Crippen molar-refractivity contribution in [2.45, 2.75) is 33.2 Å². The SMILES string of the molecule is Cc1nc(CNC(=O)[C@]2(C)CCCN(C(=O)c3ccccc3)C2)n[nH]1. The van der Waals surface area contributed by atoms with Gasteiger partial charge in [-0.2, -0.15) is 5.10 Å². The highest BCUT2D eigenvalue weighted by Gasteiger charge is 2.39. The second-order valence-corrected chi connectivity index (χ2v) is 6.78. The molecule has 0 spiro atoms. The Morgan fingerprint density at radius 2 is 2.08 bits per heavy atom. The van der Waals surface area contributed by atoms with E-state index in [1.807, 2.05) is 32.0 Å². The van der Waals surface area contributed by atoms with E-state index in [1.165, 1.54) is 0 Å². The van der Waals surface area contributed by atoms with Crippen LogP contribution >= 0.6 is 0 Å². The van der Waals surface area contributed by atoms with E-state index in [0.717, 1.165) is 12.8 Å². The first-order valence-corrected chi connectivity index (χ1v) is 8.48. The highest BCUT2D eigenvalue weighted by atomic mass is 16.2. The number of aryl methyl sites for hydroxylation is 1. The molecule has 3 rings (SSSR count). The standard InChI is InChI=1S/C18H23N5O2/c1-13-20-15(22-21-13)11-19-17(25)18(2)9-6-10-23(12-18)16(24)14-7-4-3-5-8-14/h3-5,7-8H,6,9-12H2,1-2H3,(H,19,25)(H,20,21,22)/t18-/m1/s1. The van der Waals surface area contributed by atoms with E-state index in [0.29, 0.717) is 30.3 Å². The second-order valence-electron chi connectivity index (χ2n) is 6.78. The molecule has 1 aromatic carbocycles. The van der Waals surface area contributed by atoms with Crippen molar-refractivity contribution >= 4 is 11.8 Å². The number of aromatic nitrogens is 3. The van der Waals surface area contributed by atoms with E-state index < -0.39 is 5.41 Å². The van der Waals surface area contributed by atoms with Gasteiger partial charge < -0.3 is 10.2 Å². The first-order chi connectivity index (χ1) is 12.0. The topological polar surface area (TPSA) is 91.0 Å². The molecule has 0 saturated carbocycles. The first kappa shape index (κ1) is 17.1. The van der Waals surface area contributed by atoms with Crippen molar-refractivity contribution in [3.8, 4) is 0 Å². The molecule has 1 saturated heterocycles. The van der Waals surface area contributed by atoms with Gasteiger partial charge in [0.2, 0.25) is 5.91 Å². The molecular weight excluding hydrogens is 318 g/mol. The Kier molecular flexibility index (Phi) is 4.83. The van der Waals surface area contributed by atoms with Crippen molar-refractivity contribution in [1.82, 2.24) is 25.4 Å². The van der Waals surface area contributed by atoms with Crippen molar-refractivity contribution in [2.75, 3.05) is 13.1 Å². The molecule has 25 heavy (non-hydrogen) atoms. The average molecular weight is 341 g/mol. The van der Waals surface area contributed by atoms with Gasteiger partial charge in [0.25, 0.3) is 5.91 Å². The molecule has 7 heteroatoms. The Bertz CT molecular complexity index is 758. The number of carbonyl (C=O) groups is 2. The highest BCUT2D eigenvalue weighted by molar-refractivity contribution is 5.95. The number of hydrogen-bond donors (Lipinski definition) is 2. The fourth-order valence-electron chi connectivity index (χ4n) is 3.20. The largest absolute Gasteiger partial charge is 0.348 e. The maximum Gasteiger partial charge on any atom is 0.253 e. The molecule has 1 aliphatic rings. The number of aromatic amines is 1. The summed E-state index contributed by atoms with van der Waals surface area (Å²) in [6, 6.07) is 9.19. The third-order valence-corrected chi connectivity index (χ3v) is 4.60. The van der Waals surface area contributed by atoms with Crippen LogP contribution in [0.1, 0.15) is 41.8 Å². The number of carbonyl (C=O) groups excluding carboxylic acids is 2. The number of piperidine rings is 1. The Labute approximate surface area is 146 Å². The van der Waals surface area contributed by atoms with Crippen molar-refractivity contribution in [3.05, 3.63) is 47.5 Å². The third-order valence-electron chi connectivity index (χ3n) is 4.60. The summed E-state index contributed by atoms with van der Waals surface area (Å²) in [5, 5.41) is 9.68. The zero-order valence-electron chi connectivity index (χ0n) is 14.6. The summed E-state index contributed by atoms with van der Waals surface area (Å²) in [5.41, 5.74) is 0.0528. The smallest absolute Gasteiger partial charge is 0.253 e. The van der Waals surface area contributed by atoms with E-state index in [-0.39, 0.29) is 18.4 Å². The van der Waals surface area contributed by atoms with Crippen LogP contribution in [0.2, 0.25) is 0 Å². The van der Waals surface area contributed by atoms with E-state index in [1.54, 1.807) is 17.0 Å². The van der Waals surface area contributed by atoms with Gasteiger partial charge in [0.15, 0.2) is 5.82 Å². The molecule has 2 N–H and O–H groups in total. The quantitative estimate of drug-likeness (QED) is 0.885. The van der Waals surface area contributed by atoms with Gasteiger partial charge in [0.1, 0.15) is 5.82 Å². The maximum atomic E-state index is 12.7. The van der Waals surface area contributed by atoms with Crippen LogP contribution in [-0.4, -0.2) is 45.0 Å². The molecule has 0 aliphatic carbocycles. The highest BCUT2D eigenvalue weighted by Crippen LogP contribution is 2.30. The predicted octanol–water partition coefficient (Wildman–Crippen LogP) is 1.67. The monoisotopic (exact) mass is 341 g/mol. The lowest BCUT2D eigenvalue weighted by Gasteiger charge is -2.39. The van der Waals surface area contributed by atoms with Gasteiger partial charge >= 0.3 is 0 Å². The fraction of sp³-hybridized carbons (Fsp3) is 0.444. The summed E-state index contributed by atoms with van der Waals surface area (Å²) < 4.78 is 0. The summed E-state index contributed by atoms with van der Waals surface area (Å²) in [5.74, 6) is 1.18. The molecule has 0 unspecified atom stereocenters. The lowest BCUT2D eigenvalue weighted by atomic mass is 9.80. The molecule has 0 bridgehead atoms. The molecule has 1 aliphatic heterocycles. The van der Waals surface area contributed by atoms with Crippen LogP contribution < -0.4 is 5.32 Å². The lowest BCUT2D eigenvalue weighted by Crippen LogP contribution is -2.51. The van der Waals surface area contributed by atoms with Crippen molar-refractivity contribution in [2.24, 2.45) is 5.41 Å². The van der Waals surface area contributed by atoms with Gasteiger partial charge in [-0.15, -0.1) is 0 Å². The fourth-order valence-corrected chi connectivity index (χ4v) is 3.20. The third kappa shape index (κ3) is 3.87. The Hall–Kier alpha value is -2.70. The molecule has 1 atom stereocenters. The second kappa shape index (κ2) is 7.04. The maximum absolute atomic E-state index is 12.7. The Balaban J connectivity index is 1.64. The van der Waals surface area contributed by atoms with Gasteiger partial charge in [-0.3, -0.25) is 14.7 Å². The van der Waals surface area contributed by atoms with E-state index >= 15 is 0 Å². The predicted molar refractivity (Wildman–Crippen MR) is 92.7 cm³/mol. The van der Waals surface area contributed by atoms with Crippen molar-refractivity contribution in [1.29, 1.82) is 0 Å². The normalized spacial score (nSPS) is 20.3. The van der Waals surface area contributed by atoms with Gasteiger partial charge in [0.05, 0.1) is 12.0 Å². The molecule has 132 valence electrons. The van der Waals surface area contributed by atoms with Gasteiger partial charge in [0, 0.05) is 18.7 Å². The molecule has 1 aromatic heterocycles. The van der Waals surface area contributed by atoms with Gasteiger partial charge in [-0.05, 0) is 38.8 Å². The van der Waals surface area contributed by atoms with Crippen molar-refractivity contribution < 1.29 is 9.59 Å². The molecule has 7 nitrogen and oxygen atoms in total. The first-order valence-electron chi connectivity index (χ1n) is 8.48. The minimum atomic E-state index is -0.603. The van der Waals surface area contributed by atoms with Crippen LogP contribution in [0, 0.1) is 12.3 Å². The summed E-state index contributed by atoms with van der Waals surface area (Å²) in [6.07, 6.45) is 1.56. The average Bonchev–Trinajstić information content (AvgIpc) is 3.05. The minimum absolute atomic E-state index is 0.0242. The lowest BCUT2D eigenvalue weighted by molar-refractivity contribution is -0.132. The minimum Gasteiger partial charge on any atom is -0.348 e. The summed E-state index contributed by atoms with van der Waals surface area (Å²) in [7, 11) is 0. The van der Waals surface area contributed by atoms with E-state index in [9.17, 15) is 9.59 Å². The summed E-state index contributed by atoms with van der Waals surface area (Å²) in [4.78, 5) is 31.3. The summed E-state index contributed by atoms with van der Waals surface area (Å²) in [6.45, 7) is 5.10. The number of rotatable bonds is 4. The zero-order valence-corrected chi connectivity index (χ0v) is 14.6. The number of nitrogens with one attached hydrogen (secondary N) is 2. The zero-order chi connectivity index (χ0) is 17.9. The molecule has 0 radical (unpaired) electrons. The molecule has 2 aromatic rings. The van der Waals surface area contributed by atoms with Crippen LogP contribution in [-0.2, 0) is 11.3 Å².